The maximum absolute atomic E-state index is 12.0. The number of hydrogen-bond donors (Lipinski definition) is 2. The molecule has 26 heavy (non-hydrogen) atoms. The molecule has 0 spiro atoms. The van der Waals surface area contributed by atoms with Crippen LogP contribution in [0.5, 0.6) is 5.75 Å². The van der Waals surface area contributed by atoms with E-state index < -0.39 is 0 Å². The van der Waals surface area contributed by atoms with Crippen molar-refractivity contribution in [1.82, 2.24) is 5.32 Å². The average Bonchev–Trinajstić information content (AvgIpc) is 3.45. The lowest BCUT2D eigenvalue weighted by atomic mass is 10.1. The number of carbonyl (C=O) groups excluding carboxylic acids is 3. The van der Waals surface area contributed by atoms with Crippen molar-refractivity contribution < 1.29 is 19.1 Å². The second-order valence-electron chi connectivity index (χ2n) is 6.24. The first-order valence-corrected chi connectivity index (χ1v) is 8.46. The summed E-state index contributed by atoms with van der Waals surface area (Å²) in [5.74, 6) is 0.0827. The summed E-state index contributed by atoms with van der Waals surface area (Å²) in [5, 5.41) is 5.62. The molecule has 1 saturated carbocycles. The Morgan fingerprint density at radius 3 is 2.15 bits per heavy atom. The van der Waals surface area contributed by atoms with Crippen LogP contribution in [0.4, 0.5) is 5.69 Å². The number of nitrogens with one attached hydrogen (secondary N) is 2. The highest BCUT2D eigenvalue weighted by molar-refractivity contribution is 5.96. The summed E-state index contributed by atoms with van der Waals surface area (Å²) >= 11 is 0. The molecule has 134 valence electrons. The molecule has 0 unspecified atom stereocenters. The van der Waals surface area contributed by atoms with Crippen LogP contribution in [0.1, 0.15) is 40.5 Å². The lowest BCUT2D eigenvalue weighted by molar-refractivity contribution is -0.118. The molecule has 2 aromatic rings. The first-order valence-electron chi connectivity index (χ1n) is 8.46. The van der Waals surface area contributed by atoms with Crippen molar-refractivity contribution in [2.75, 3.05) is 11.9 Å². The number of carbonyl (C=O) groups is 3. The fourth-order valence-electron chi connectivity index (χ4n) is 2.33. The third-order valence-corrected chi connectivity index (χ3v) is 3.97. The minimum atomic E-state index is -0.309. The summed E-state index contributed by atoms with van der Waals surface area (Å²) in [4.78, 5) is 35.1. The molecule has 2 aromatic carbocycles. The molecule has 3 rings (SSSR count). The van der Waals surface area contributed by atoms with E-state index in [4.69, 9.17) is 4.74 Å². The standard InChI is InChI=1S/C20H20N2O4/c1-13(23)14-4-10-18(11-5-14)26-12-19(24)21-16-6-2-15(3-7-16)20(25)22-17-8-9-17/h2-7,10-11,17H,8-9,12H2,1H3,(H,21,24)(H,22,25). The molecule has 0 heterocycles. The molecule has 0 aliphatic heterocycles. The Morgan fingerprint density at radius 2 is 1.58 bits per heavy atom. The molecular formula is C20H20N2O4. The third-order valence-electron chi connectivity index (χ3n) is 3.97. The summed E-state index contributed by atoms with van der Waals surface area (Å²) in [6.07, 6.45) is 2.08. The van der Waals surface area contributed by atoms with Crippen LogP contribution in [-0.4, -0.2) is 30.2 Å². The van der Waals surface area contributed by atoms with Crippen LogP contribution in [0.2, 0.25) is 0 Å². The number of hydrogen-bond acceptors (Lipinski definition) is 4. The van der Waals surface area contributed by atoms with E-state index in [1.807, 2.05) is 0 Å². The smallest absolute Gasteiger partial charge is 0.262 e. The molecule has 0 atom stereocenters. The fraction of sp³-hybridized carbons (Fsp3) is 0.250. The third kappa shape index (κ3) is 4.92. The Bertz CT molecular complexity index is 809. The van der Waals surface area contributed by atoms with E-state index in [0.29, 0.717) is 28.6 Å². The molecule has 1 fully saturated rings. The van der Waals surface area contributed by atoms with Gasteiger partial charge >= 0.3 is 0 Å². The topological polar surface area (TPSA) is 84.5 Å². The highest BCUT2D eigenvalue weighted by atomic mass is 16.5. The van der Waals surface area contributed by atoms with Crippen molar-refractivity contribution in [3.8, 4) is 5.75 Å². The van der Waals surface area contributed by atoms with Crippen LogP contribution < -0.4 is 15.4 Å². The van der Waals surface area contributed by atoms with Gasteiger partial charge in [0.1, 0.15) is 5.75 Å². The van der Waals surface area contributed by atoms with Crippen molar-refractivity contribution in [2.45, 2.75) is 25.8 Å². The van der Waals surface area contributed by atoms with Crippen molar-refractivity contribution in [1.29, 1.82) is 0 Å². The van der Waals surface area contributed by atoms with Crippen LogP contribution in [0.3, 0.4) is 0 Å². The van der Waals surface area contributed by atoms with Gasteiger partial charge in [0.25, 0.3) is 11.8 Å². The van der Waals surface area contributed by atoms with E-state index in [0.717, 1.165) is 12.8 Å². The Labute approximate surface area is 151 Å². The number of benzene rings is 2. The minimum Gasteiger partial charge on any atom is -0.484 e. The lowest BCUT2D eigenvalue weighted by Gasteiger charge is -2.09. The molecule has 2 amide bonds. The Hall–Kier alpha value is -3.15. The summed E-state index contributed by atoms with van der Waals surface area (Å²) in [6.45, 7) is 1.34. The summed E-state index contributed by atoms with van der Waals surface area (Å²) in [5.41, 5.74) is 1.75. The largest absolute Gasteiger partial charge is 0.484 e. The van der Waals surface area contributed by atoms with Crippen LogP contribution in [-0.2, 0) is 4.79 Å². The van der Waals surface area contributed by atoms with Crippen LogP contribution in [0.15, 0.2) is 48.5 Å². The van der Waals surface area contributed by atoms with Gasteiger partial charge in [-0.05, 0) is 68.3 Å². The van der Waals surface area contributed by atoms with Gasteiger partial charge in [0.2, 0.25) is 0 Å². The van der Waals surface area contributed by atoms with E-state index in [1.54, 1.807) is 48.5 Å². The van der Waals surface area contributed by atoms with Gasteiger partial charge in [0, 0.05) is 22.9 Å². The van der Waals surface area contributed by atoms with Crippen molar-refractivity contribution in [2.24, 2.45) is 0 Å². The number of ether oxygens (including phenoxy) is 1. The molecule has 6 nitrogen and oxygen atoms in total. The molecule has 6 heteroatoms. The first kappa shape index (κ1) is 17.7. The van der Waals surface area contributed by atoms with Gasteiger partial charge < -0.3 is 15.4 Å². The zero-order chi connectivity index (χ0) is 18.5. The van der Waals surface area contributed by atoms with Crippen LogP contribution >= 0.6 is 0 Å². The lowest BCUT2D eigenvalue weighted by Crippen LogP contribution is -2.25. The molecule has 2 N–H and O–H groups in total. The summed E-state index contributed by atoms with van der Waals surface area (Å²) in [6, 6.07) is 13.6. The maximum Gasteiger partial charge on any atom is 0.262 e. The highest BCUT2D eigenvalue weighted by Crippen LogP contribution is 2.19. The quantitative estimate of drug-likeness (QED) is 0.751. The number of rotatable bonds is 7. The predicted octanol–water partition coefficient (Wildman–Crippen LogP) is 2.80. The van der Waals surface area contributed by atoms with Gasteiger partial charge in [0.15, 0.2) is 12.4 Å². The zero-order valence-electron chi connectivity index (χ0n) is 14.5. The Morgan fingerprint density at radius 1 is 0.962 bits per heavy atom. The predicted molar refractivity (Wildman–Crippen MR) is 97.5 cm³/mol. The molecule has 0 saturated heterocycles. The summed E-state index contributed by atoms with van der Waals surface area (Å²) in [7, 11) is 0. The van der Waals surface area contributed by atoms with Gasteiger partial charge in [-0.25, -0.2) is 0 Å². The number of anilines is 1. The number of ketones is 1. The van der Waals surface area contributed by atoms with Crippen LogP contribution in [0.25, 0.3) is 0 Å². The first-order chi connectivity index (χ1) is 12.5. The van der Waals surface area contributed by atoms with E-state index >= 15 is 0 Å². The second kappa shape index (κ2) is 7.82. The van der Waals surface area contributed by atoms with Crippen LogP contribution in [0, 0.1) is 0 Å². The molecule has 1 aliphatic rings. The molecule has 0 bridgehead atoms. The van der Waals surface area contributed by atoms with Crippen molar-refractivity contribution in [3.05, 3.63) is 59.7 Å². The average molecular weight is 352 g/mol. The molecular weight excluding hydrogens is 332 g/mol. The SMILES string of the molecule is CC(=O)c1ccc(OCC(=O)Nc2ccc(C(=O)NC3CC3)cc2)cc1. The molecule has 1 aliphatic carbocycles. The summed E-state index contributed by atoms with van der Waals surface area (Å²) < 4.78 is 5.40. The Kier molecular flexibility index (Phi) is 5.31. The second-order valence-corrected chi connectivity index (χ2v) is 6.24. The van der Waals surface area contributed by atoms with E-state index in [1.165, 1.54) is 6.92 Å². The fourth-order valence-corrected chi connectivity index (χ4v) is 2.33. The number of amides is 2. The molecule has 0 aromatic heterocycles. The normalized spacial score (nSPS) is 13.0. The van der Waals surface area contributed by atoms with E-state index in [9.17, 15) is 14.4 Å². The highest BCUT2D eigenvalue weighted by Gasteiger charge is 2.23. The van der Waals surface area contributed by atoms with Crippen molar-refractivity contribution >= 4 is 23.3 Å². The van der Waals surface area contributed by atoms with Crippen molar-refractivity contribution in [3.63, 3.8) is 0 Å². The van der Waals surface area contributed by atoms with Gasteiger partial charge in [-0.15, -0.1) is 0 Å². The maximum atomic E-state index is 12.0. The number of Topliss-reactive ketones (excluding diaryl/α,β-unsaturated/α-hetero) is 1. The van der Waals surface area contributed by atoms with Gasteiger partial charge in [-0.2, -0.15) is 0 Å². The van der Waals surface area contributed by atoms with E-state index in [-0.39, 0.29) is 24.2 Å². The van der Waals surface area contributed by atoms with Gasteiger partial charge in [0.05, 0.1) is 0 Å². The van der Waals surface area contributed by atoms with E-state index in [2.05, 4.69) is 10.6 Å². The minimum absolute atomic E-state index is 0.0245. The Balaban J connectivity index is 1.48. The van der Waals surface area contributed by atoms with Gasteiger partial charge in [-0.3, -0.25) is 14.4 Å². The monoisotopic (exact) mass is 352 g/mol. The van der Waals surface area contributed by atoms with Gasteiger partial charge in [-0.1, -0.05) is 0 Å². The zero-order valence-corrected chi connectivity index (χ0v) is 14.5. The molecule has 0 radical (unpaired) electrons.